The third-order valence-corrected chi connectivity index (χ3v) is 3.79. The zero-order valence-electron chi connectivity index (χ0n) is 11.8. The Morgan fingerprint density at radius 2 is 1.83 bits per heavy atom. The van der Waals surface area contributed by atoms with Gasteiger partial charge in [-0.25, -0.2) is 0 Å². The van der Waals surface area contributed by atoms with Crippen molar-refractivity contribution in [2.24, 2.45) is 0 Å². The van der Waals surface area contributed by atoms with Gasteiger partial charge in [-0.1, -0.05) is 0 Å². The van der Waals surface area contributed by atoms with Crippen LogP contribution in [-0.4, -0.2) is 34.6 Å². The monoisotopic (exact) mass is 247 g/mol. The average molecular weight is 247 g/mol. The zero-order chi connectivity index (χ0) is 13.0. The van der Waals surface area contributed by atoms with Crippen molar-refractivity contribution in [1.29, 1.82) is 0 Å². The molecule has 0 bridgehead atoms. The molecule has 0 saturated carbocycles. The van der Waals surface area contributed by atoms with Crippen molar-refractivity contribution in [3.8, 4) is 0 Å². The molecule has 3 nitrogen and oxygen atoms in total. The van der Waals surface area contributed by atoms with Crippen molar-refractivity contribution >= 4 is 0 Å². The van der Waals surface area contributed by atoms with E-state index in [0.717, 1.165) is 6.54 Å². The third-order valence-electron chi connectivity index (χ3n) is 3.79. The molecule has 1 aromatic rings. The van der Waals surface area contributed by atoms with E-state index in [9.17, 15) is 0 Å². The normalized spacial score (nSPS) is 19.1. The predicted molar refractivity (Wildman–Crippen MR) is 75.4 cm³/mol. The van der Waals surface area contributed by atoms with Crippen molar-refractivity contribution in [2.45, 2.75) is 51.7 Å². The number of nitrogens with one attached hydrogen (secondary N) is 1. The molecule has 18 heavy (non-hydrogen) atoms. The molecular formula is C15H25N3. The first-order valence-electron chi connectivity index (χ1n) is 6.93. The largest absolute Gasteiger partial charge is 0.310 e. The SMILES string of the molecule is CC(C)(C)N1CCC(NCc2ccncc2)CC1. The van der Waals surface area contributed by atoms with Gasteiger partial charge in [0.15, 0.2) is 0 Å². The molecule has 0 amide bonds. The lowest BCUT2D eigenvalue weighted by molar-refractivity contribution is 0.0960. The Morgan fingerprint density at radius 3 is 2.39 bits per heavy atom. The lowest BCUT2D eigenvalue weighted by Gasteiger charge is -2.41. The summed E-state index contributed by atoms with van der Waals surface area (Å²) in [6.07, 6.45) is 6.23. The van der Waals surface area contributed by atoms with Crippen LogP contribution in [0.1, 0.15) is 39.2 Å². The highest BCUT2D eigenvalue weighted by atomic mass is 15.2. The molecule has 0 aromatic carbocycles. The second-order valence-corrected chi connectivity index (χ2v) is 6.17. The van der Waals surface area contributed by atoms with Crippen LogP contribution in [0.2, 0.25) is 0 Å². The molecule has 0 unspecified atom stereocenters. The number of likely N-dealkylation sites (tertiary alicyclic amines) is 1. The molecule has 100 valence electrons. The quantitative estimate of drug-likeness (QED) is 0.889. The first kappa shape index (κ1) is 13.5. The van der Waals surface area contributed by atoms with Gasteiger partial charge in [-0.3, -0.25) is 9.88 Å². The second-order valence-electron chi connectivity index (χ2n) is 6.17. The van der Waals surface area contributed by atoms with Crippen molar-refractivity contribution in [1.82, 2.24) is 15.2 Å². The maximum absolute atomic E-state index is 4.04. The Balaban J connectivity index is 1.74. The highest BCUT2D eigenvalue weighted by molar-refractivity contribution is 5.09. The van der Waals surface area contributed by atoms with E-state index in [1.807, 2.05) is 12.4 Å². The number of aromatic nitrogens is 1. The Hall–Kier alpha value is -0.930. The smallest absolute Gasteiger partial charge is 0.0271 e. The second kappa shape index (κ2) is 5.81. The Morgan fingerprint density at radius 1 is 1.22 bits per heavy atom. The molecule has 1 N–H and O–H groups in total. The molecule has 1 fully saturated rings. The molecule has 1 aromatic heterocycles. The number of pyridine rings is 1. The number of hydrogen-bond acceptors (Lipinski definition) is 3. The van der Waals surface area contributed by atoms with Gasteiger partial charge in [0.1, 0.15) is 0 Å². The number of nitrogens with zero attached hydrogens (tertiary/aromatic N) is 2. The molecule has 1 saturated heterocycles. The van der Waals surface area contributed by atoms with Gasteiger partial charge in [0, 0.05) is 43.6 Å². The minimum Gasteiger partial charge on any atom is -0.310 e. The fourth-order valence-corrected chi connectivity index (χ4v) is 2.52. The predicted octanol–water partition coefficient (Wildman–Crippen LogP) is 2.43. The molecule has 0 radical (unpaired) electrons. The zero-order valence-corrected chi connectivity index (χ0v) is 11.8. The summed E-state index contributed by atoms with van der Waals surface area (Å²) in [4.78, 5) is 6.62. The van der Waals surface area contributed by atoms with E-state index in [1.54, 1.807) is 0 Å². The van der Waals surface area contributed by atoms with Gasteiger partial charge in [-0.05, 0) is 51.3 Å². The van der Waals surface area contributed by atoms with E-state index in [2.05, 4.69) is 48.1 Å². The molecule has 0 atom stereocenters. The highest BCUT2D eigenvalue weighted by Gasteiger charge is 2.26. The third kappa shape index (κ3) is 3.79. The highest BCUT2D eigenvalue weighted by Crippen LogP contribution is 2.20. The van der Waals surface area contributed by atoms with Crippen LogP contribution >= 0.6 is 0 Å². The fourth-order valence-electron chi connectivity index (χ4n) is 2.52. The topological polar surface area (TPSA) is 28.2 Å². The van der Waals surface area contributed by atoms with Gasteiger partial charge in [0.2, 0.25) is 0 Å². The van der Waals surface area contributed by atoms with Gasteiger partial charge in [-0.15, -0.1) is 0 Å². The summed E-state index contributed by atoms with van der Waals surface area (Å²) in [5.41, 5.74) is 1.64. The summed E-state index contributed by atoms with van der Waals surface area (Å²) in [6.45, 7) is 10.3. The molecule has 1 aliphatic heterocycles. The first-order valence-corrected chi connectivity index (χ1v) is 6.93. The van der Waals surface area contributed by atoms with Gasteiger partial charge >= 0.3 is 0 Å². The number of rotatable bonds is 3. The van der Waals surface area contributed by atoms with Crippen LogP contribution < -0.4 is 5.32 Å². The van der Waals surface area contributed by atoms with Crippen LogP contribution in [0.3, 0.4) is 0 Å². The van der Waals surface area contributed by atoms with Gasteiger partial charge in [0.05, 0.1) is 0 Å². The minimum atomic E-state index is 0.316. The first-order chi connectivity index (χ1) is 8.55. The summed E-state index contributed by atoms with van der Waals surface area (Å²) >= 11 is 0. The number of hydrogen-bond donors (Lipinski definition) is 1. The number of piperidine rings is 1. The standard InChI is InChI=1S/C15H25N3/c1-15(2,3)18-10-6-14(7-11-18)17-12-13-4-8-16-9-5-13/h4-5,8-9,14,17H,6-7,10-12H2,1-3H3. The molecule has 2 rings (SSSR count). The van der Waals surface area contributed by atoms with Crippen molar-refractivity contribution in [2.75, 3.05) is 13.1 Å². The van der Waals surface area contributed by atoms with Crippen molar-refractivity contribution in [3.05, 3.63) is 30.1 Å². The van der Waals surface area contributed by atoms with Gasteiger partial charge in [0.25, 0.3) is 0 Å². The average Bonchev–Trinajstić information content (AvgIpc) is 2.37. The van der Waals surface area contributed by atoms with Crippen molar-refractivity contribution < 1.29 is 0 Å². The molecular weight excluding hydrogens is 222 g/mol. The van der Waals surface area contributed by atoms with E-state index < -0.39 is 0 Å². The van der Waals surface area contributed by atoms with E-state index in [1.165, 1.54) is 31.5 Å². The molecule has 0 aliphatic carbocycles. The Bertz CT molecular complexity index is 348. The lowest BCUT2D eigenvalue weighted by atomic mass is 9.98. The van der Waals surface area contributed by atoms with Crippen LogP contribution in [0.4, 0.5) is 0 Å². The maximum atomic E-state index is 4.04. The van der Waals surface area contributed by atoms with Crippen LogP contribution in [0.5, 0.6) is 0 Å². The molecule has 0 spiro atoms. The lowest BCUT2D eigenvalue weighted by Crippen LogP contribution is -2.49. The fraction of sp³-hybridized carbons (Fsp3) is 0.667. The molecule has 1 aliphatic rings. The van der Waals surface area contributed by atoms with Crippen LogP contribution in [-0.2, 0) is 6.54 Å². The summed E-state index contributed by atoms with van der Waals surface area (Å²) in [6, 6.07) is 4.82. The summed E-state index contributed by atoms with van der Waals surface area (Å²) in [5.74, 6) is 0. The summed E-state index contributed by atoms with van der Waals surface area (Å²) in [5, 5.41) is 3.66. The Labute approximate surface area is 111 Å². The maximum Gasteiger partial charge on any atom is 0.0271 e. The van der Waals surface area contributed by atoms with E-state index in [0.29, 0.717) is 11.6 Å². The Kier molecular flexibility index (Phi) is 4.36. The van der Waals surface area contributed by atoms with Crippen LogP contribution in [0, 0.1) is 0 Å². The van der Waals surface area contributed by atoms with Gasteiger partial charge in [-0.2, -0.15) is 0 Å². The minimum absolute atomic E-state index is 0.316. The van der Waals surface area contributed by atoms with Crippen molar-refractivity contribution in [3.63, 3.8) is 0 Å². The molecule has 2 heterocycles. The van der Waals surface area contributed by atoms with E-state index in [4.69, 9.17) is 0 Å². The van der Waals surface area contributed by atoms with E-state index in [-0.39, 0.29) is 0 Å². The molecule has 3 heteroatoms. The summed E-state index contributed by atoms with van der Waals surface area (Å²) < 4.78 is 0. The van der Waals surface area contributed by atoms with E-state index >= 15 is 0 Å². The van der Waals surface area contributed by atoms with Crippen LogP contribution in [0.25, 0.3) is 0 Å². The van der Waals surface area contributed by atoms with Gasteiger partial charge < -0.3 is 5.32 Å². The van der Waals surface area contributed by atoms with Crippen LogP contribution in [0.15, 0.2) is 24.5 Å². The summed E-state index contributed by atoms with van der Waals surface area (Å²) in [7, 11) is 0.